The Kier molecular flexibility index (Phi) is 8.35. The van der Waals surface area contributed by atoms with Crippen molar-refractivity contribution < 1.29 is 9.53 Å². The number of carbonyl (C=O) groups is 1. The van der Waals surface area contributed by atoms with Crippen molar-refractivity contribution >= 4 is 38.8 Å². The number of ether oxygens (including phenoxy) is 1. The Bertz CT molecular complexity index is 1150. The molecule has 1 saturated heterocycles. The highest BCUT2D eigenvalue weighted by atomic mass is 79.9. The first-order valence-corrected chi connectivity index (χ1v) is 12.7. The van der Waals surface area contributed by atoms with Crippen LogP contribution in [0.25, 0.3) is 17.0 Å². The summed E-state index contributed by atoms with van der Waals surface area (Å²) in [6.45, 7) is 3.30. The Balaban J connectivity index is 1.44. The van der Waals surface area contributed by atoms with Gasteiger partial charge in [0.05, 0.1) is 11.6 Å². The minimum Gasteiger partial charge on any atom is -0.488 e. The monoisotopic (exact) mass is 521 g/mol. The third kappa shape index (κ3) is 6.05. The summed E-state index contributed by atoms with van der Waals surface area (Å²) in [5.41, 5.74) is 3.03. The number of carbonyl (C=O) groups excluding carboxylic acids is 1. The summed E-state index contributed by atoms with van der Waals surface area (Å²) in [4.78, 5) is 19.4. The van der Waals surface area contributed by atoms with Crippen LogP contribution in [0.1, 0.15) is 43.7 Å². The molecule has 1 aliphatic rings. The number of hydrogen-bond donors (Lipinski definition) is 1. The van der Waals surface area contributed by atoms with E-state index in [0.29, 0.717) is 19.2 Å². The van der Waals surface area contributed by atoms with Gasteiger partial charge in [0.15, 0.2) is 0 Å². The smallest absolute Gasteiger partial charge is 0.237 e. The molecule has 34 heavy (non-hydrogen) atoms. The van der Waals surface area contributed by atoms with E-state index in [4.69, 9.17) is 4.74 Å². The maximum absolute atomic E-state index is 12.7. The summed E-state index contributed by atoms with van der Waals surface area (Å²) in [7, 11) is 2.05. The molecule has 0 aliphatic carbocycles. The highest BCUT2D eigenvalue weighted by Crippen LogP contribution is 2.31. The molecular formula is C28H32BrN3O2. The maximum Gasteiger partial charge on any atom is 0.237 e. The van der Waals surface area contributed by atoms with Crippen LogP contribution < -0.4 is 10.1 Å². The molecule has 0 spiro atoms. The molecule has 178 valence electrons. The fourth-order valence-corrected chi connectivity index (χ4v) is 4.77. The average Bonchev–Trinajstić information content (AvgIpc) is 2.85. The number of rotatable bonds is 8. The quantitative estimate of drug-likeness (QED) is 0.371. The van der Waals surface area contributed by atoms with Gasteiger partial charge < -0.3 is 10.1 Å². The van der Waals surface area contributed by atoms with E-state index in [1.54, 1.807) is 6.20 Å². The third-order valence-electron chi connectivity index (χ3n) is 6.55. The molecule has 3 aromatic rings. The van der Waals surface area contributed by atoms with Crippen LogP contribution in [0.15, 0.2) is 65.3 Å². The number of piperidine rings is 1. The van der Waals surface area contributed by atoms with Crippen LogP contribution in [0.4, 0.5) is 0 Å². The van der Waals surface area contributed by atoms with Crippen molar-refractivity contribution in [3.05, 3.63) is 76.4 Å². The molecule has 4 rings (SSSR count). The van der Waals surface area contributed by atoms with Crippen LogP contribution in [0.5, 0.6) is 5.75 Å². The van der Waals surface area contributed by atoms with Gasteiger partial charge in [0.1, 0.15) is 12.4 Å². The Morgan fingerprint density at radius 1 is 1.24 bits per heavy atom. The second-order valence-electron chi connectivity index (χ2n) is 8.92. The highest BCUT2D eigenvalue weighted by molar-refractivity contribution is 9.10. The molecule has 1 amide bonds. The number of nitrogens with one attached hydrogen (secondary N) is 1. The van der Waals surface area contributed by atoms with Crippen molar-refractivity contribution in [1.82, 2.24) is 15.2 Å². The molecule has 2 heterocycles. The van der Waals surface area contributed by atoms with E-state index < -0.39 is 0 Å². The zero-order valence-electron chi connectivity index (χ0n) is 19.8. The normalized spacial score (nSPS) is 18.9. The average molecular weight is 522 g/mol. The van der Waals surface area contributed by atoms with Gasteiger partial charge in [-0.25, -0.2) is 0 Å². The maximum atomic E-state index is 12.7. The van der Waals surface area contributed by atoms with Crippen molar-refractivity contribution in [3.63, 3.8) is 0 Å². The highest BCUT2D eigenvalue weighted by Gasteiger charge is 2.29. The van der Waals surface area contributed by atoms with Crippen molar-refractivity contribution in [2.75, 3.05) is 13.6 Å². The van der Waals surface area contributed by atoms with E-state index in [9.17, 15) is 4.79 Å². The van der Waals surface area contributed by atoms with E-state index in [-0.39, 0.29) is 11.9 Å². The van der Waals surface area contributed by atoms with Gasteiger partial charge in [-0.05, 0) is 79.3 Å². The molecular weight excluding hydrogens is 490 g/mol. The lowest BCUT2D eigenvalue weighted by Gasteiger charge is -2.36. The molecule has 1 aliphatic heterocycles. The number of fused-ring (bicyclic) bond motifs is 1. The van der Waals surface area contributed by atoms with Crippen LogP contribution in [0, 0.1) is 0 Å². The van der Waals surface area contributed by atoms with Gasteiger partial charge in [-0.3, -0.25) is 14.7 Å². The number of nitrogens with zero attached hydrogens (tertiary/aromatic N) is 2. The SMILES string of the molecule is CC1CCC[C@@H](C(=O)NCC/C=C/c2c(OCc3ccccc3)ccc3ncc(Br)cc23)N1C. The van der Waals surface area contributed by atoms with Gasteiger partial charge in [0.2, 0.25) is 5.91 Å². The van der Waals surface area contributed by atoms with Gasteiger partial charge in [-0.15, -0.1) is 0 Å². The van der Waals surface area contributed by atoms with Crippen LogP contribution in [0.3, 0.4) is 0 Å². The van der Waals surface area contributed by atoms with Gasteiger partial charge in [-0.2, -0.15) is 0 Å². The fourth-order valence-electron chi connectivity index (χ4n) is 4.44. The summed E-state index contributed by atoms with van der Waals surface area (Å²) in [6.07, 6.45) is 9.93. The lowest BCUT2D eigenvalue weighted by molar-refractivity contribution is -0.128. The van der Waals surface area contributed by atoms with E-state index in [0.717, 1.165) is 57.9 Å². The Morgan fingerprint density at radius 3 is 2.88 bits per heavy atom. The van der Waals surface area contributed by atoms with E-state index >= 15 is 0 Å². The Morgan fingerprint density at radius 2 is 2.06 bits per heavy atom. The first kappa shape index (κ1) is 24.4. The summed E-state index contributed by atoms with van der Waals surface area (Å²) in [6, 6.07) is 16.6. The molecule has 0 bridgehead atoms. The summed E-state index contributed by atoms with van der Waals surface area (Å²) in [5, 5.41) is 4.14. The van der Waals surface area contributed by atoms with Crippen LogP contribution in [0.2, 0.25) is 0 Å². The molecule has 0 saturated carbocycles. The predicted molar refractivity (Wildman–Crippen MR) is 142 cm³/mol. The Hall–Kier alpha value is -2.70. The van der Waals surface area contributed by atoms with Crippen molar-refractivity contribution in [2.45, 2.75) is 51.3 Å². The first-order valence-electron chi connectivity index (χ1n) is 11.9. The minimum absolute atomic E-state index is 0.0211. The molecule has 2 atom stereocenters. The number of pyridine rings is 1. The van der Waals surface area contributed by atoms with Gasteiger partial charge in [-0.1, -0.05) is 42.5 Å². The predicted octanol–water partition coefficient (Wildman–Crippen LogP) is 5.97. The molecule has 0 radical (unpaired) electrons. The lowest BCUT2D eigenvalue weighted by atomic mass is 9.97. The summed E-state index contributed by atoms with van der Waals surface area (Å²) < 4.78 is 7.12. The standard InChI is InChI=1S/C28H32BrN3O2/c1-20-9-8-13-26(32(20)2)28(33)30-16-7-6-12-23-24-17-22(29)18-31-25(24)14-15-27(23)34-19-21-10-4-3-5-11-21/h3-6,10-12,14-15,17-18,20,26H,7-9,13,16,19H2,1-2H3,(H,30,33)/b12-6+/t20?,26-/m0/s1. The van der Waals surface area contributed by atoms with Crippen molar-refractivity contribution in [3.8, 4) is 5.75 Å². The minimum atomic E-state index is -0.0211. The fraction of sp³-hybridized carbons (Fsp3) is 0.357. The largest absolute Gasteiger partial charge is 0.488 e. The van der Waals surface area contributed by atoms with Crippen LogP contribution in [-0.4, -0.2) is 41.5 Å². The first-order chi connectivity index (χ1) is 16.5. The third-order valence-corrected chi connectivity index (χ3v) is 6.99. The van der Waals surface area contributed by atoms with E-state index in [1.807, 2.05) is 30.3 Å². The molecule has 5 nitrogen and oxygen atoms in total. The molecule has 1 N–H and O–H groups in total. The Labute approximate surface area is 210 Å². The van der Waals surface area contributed by atoms with Gasteiger partial charge in [0.25, 0.3) is 0 Å². The topological polar surface area (TPSA) is 54.5 Å². The molecule has 1 aromatic heterocycles. The van der Waals surface area contributed by atoms with E-state index in [1.165, 1.54) is 0 Å². The second kappa shape index (κ2) is 11.6. The molecule has 1 fully saturated rings. The zero-order valence-corrected chi connectivity index (χ0v) is 21.4. The van der Waals surface area contributed by atoms with Gasteiger partial charge >= 0.3 is 0 Å². The van der Waals surface area contributed by atoms with Crippen LogP contribution in [-0.2, 0) is 11.4 Å². The summed E-state index contributed by atoms with van der Waals surface area (Å²) >= 11 is 3.54. The molecule has 6 heteroatoms. The number of hydrogen-bond acceptors (Lipinski definition) is 4. The second-order valence-corrected chi connectivity index (χ2v) is 9.83. The number of likely N-dealkylation sites (tertiary alicyclic amines) is 1. The van der Waals surface area contributed by atoms with Crippen molar-refractivity contribution in [1.29, 1.82) is 0 Å². The zero-order chi connectivity index (χ0) is 23.9. The molecule has 1 unspecified atom stereocenters. The van der Waals surface area contributed by atoms with Crippen molar-refractivity contribution in [2.24, 2.45) is 0 Å². The number of halogens is 1. The number of likely N-dealkylation sites (N-methyl/N-ethyl adjacent to an activating group) is 1. The number of benzene rings is 2. The number of aromatic nitrogens is 1. The van der Waals surface area contributed by atoms with Crippen LogP contribution >= 0.6 is 15.9 Å². The molecule has 2 aromatic carbocycles. The summed E-state index contributed by atoms with van der Waals surface area (Å²) in [5.74, 6) is 0.946. The van der Waals surface area contributed by atoms with E-state index in [2.05, 4.69) is 75.5 Å². The number of amides is 1. The van der Waals surface area contributed by atoms with Gasteiger partial charge in [0, 0.05) is 34.2 Å². The lowest BCUT2D eigenvalue weighted by Crippen LogP contribution is -2.51.